The van der Waals surface area contributed by atoms with Crippen LogP contribution >= 0.6 is 23.1 Å². The van der Waals surface area contributed by atoms with Crippen molar-refractivity contribution in [2.45, 2.75) is 4.90 Å². The molecular weight excluding hydrogens is 460 g/mol. The Balaban J connectivity index is 1.69. The molecule has 4 aromatic rings. The molecule has 4 rings (SSSR count). The van der Waals surface area contributed by atoms with E-state index in [1.54, 1.807) is 0 Å². The Hall–Kier alpha value is -3.09. The molecule has 0 aliphatic rings. The molecule has 0 amide bonds. The highest BCUT2D eigenvalue weighted by Gasteiger charge is 2.24. The molecule has 13 heteroatoms. The molecule has 0 fully saturated rings. The van der Waals surface area contributed by atoms with Crippen molar-refractivity contribution >= 4 is 38.3 Å². The molecular formula is C17H10ClF2N5O3S2. The van der Waals surface area contributed by atoms with Gasteiger partial charge in [-0.3, -0.25) is 9.82 Å². The van der Waals surface area contributed by atoms with Crippen LogP contribution in [0.25, 0.3) is 11.1 Å². The summed E-state index contributed by atoms with van der Waals surface area (Å²) in [7, 11) is -4.29. The number of aromatic nitrogens is 4. The molecule has 0 atom stereocenters. The first-order valence-electron chi connectivity index (χ1n) is 8.08. The summed E-state index contributed by atoms with van der Waals surface area (Å²) >= 11 is 6.94. The first kappa shape index (κ1) is 20.2. The highest BCUT2D eigenvalue weighted by molar-refractivity contribution is 7.93. The third-order valence-electron chi connectivity index (χ3n) is 3.83. The summed E-state index contributed by atoms with van der Waals surface area (Å²) in [6, 6.07) is 5.47. The summed E-state index contributed by atoms with van der Waals surface area (Å²) in [5, 5.41) is 6.21. The van der Waals surface area contributed by atoms with Crippen molar-refractivity contribution in [1.29, 1.82) is 0 Å². The van der Waals surface area contributed by atoms with Crippen LogP contribution in [0.1, 0.15) is 0 Å². The van der Waals surface area contributed by atoms with E-state index < -0.39 is 26.6 Å². The zero-order chi connectivity index (χ0) is 21.3. The number of nitrogens with one attached hydrogen (secondary N) is 2. The van der Waals surface area contributed by atoms with Crippen molar-refractivity contribution in [3.05, 3.63) is 65.7 Å². The average Bonchev–Trinajstić information content (AvgIpc) is 3.39. The van der Waals surface area contributed by atoms with Crippen molar-refractivity contribution in [2.75, 3.05) is 4.72 Å². The summed E-state index contributed by atoms with van der Waals surface area (Å²) in [4.78, 5) is 3.00. The number of anilines is 1. The van der Waals surface area contributed by atoms with Crippen molar-refractivity contribution in [2.24, 2.45) is 0 Å². The highest BCUT2D eigenvalue weighted by Crippen LogP contribution is 2.38. The number of nitrogens with zero attached hydrogens (tertiary/aromatic N) is 3. The molecule has 0 unspecified atom stereocenters. The molecule has 0 spiro atoms. The molecule has 8 nitrogen and oxygen atoms in total. The first-order valence-corrected chi connectivity index (χ1v) is 10.7. The fourth-order valence-electron chi connectivity index (χ4n) is 2.52. The molecule has 0 bridgehead atoms. The molecule has 0 aliphatic carbocycles. The van der Waals surface area contributed by atoms with Gasteiger partial charge in [0.25, 0.3) is 10.0 Å². The molecule has 0 saturated heterocycles. The van der Waals surface area contributed by atoms with Gasteiger partial charge in [-0.15, -0.1) is 0 Å². The van der Waals surface area contributed by atoms with Gasteiger partial charge in [-0.05, 0) is 24.3 Å². The van der Waals surface area contributed by atoms with E-state index in [9.17, 15) is 17.2 Å². The zero-order valence-electron chi connectivity index (χ0n) is 14.6. The second-order valence-electron chi connectivity index (χ2n) is 5.79. The lowest BCUT2D eigenvalue weighted by Crippen LogP contribution is -2.14. The van der Waals surface area contributed by atoms with Crippen molar-refractivity contribution in [3.63, 3.8) is 0 Å². The summed E-state index contributed by atoms with van der Waals surface area (Å²) in [5.41, 5.74) is 0.872. The first-order chi connectivity index (χ1) is 14.3. The molecule has 0 aliphatic heterocycles. The van der Waals surface area contributed by atoms with E-state index in [1.165, 1.54) is 24.5 Å². The Morgan fingerprint density at radius 2 is 2.00 bits per heavy atom. The molecule has 154 valence electrons. The maximum absolute atomic E-state index is 14.6. The highest BCUT2D eigenvalue weighted by atomic mass is 35.5. The Morgan fingerprint density at radius 3 is 2.70 bits per heavy atom. The SMILES string of the molecule is O=S(=O)(Nc1ncns1)c1cc(Cl)c(Oc2ccc(F)cc2-c2cn[nH]c2)cc1F. The standard InChI is InChI=1S/C17H10ClF2N5O3S2/c18-12-4-16(30(26,27)25-17-21-8-24-29-17)13(20)5-15(12)28-14-2-1-10(19)3-11(14)9-6-22-23-7-9/h1-8H,(H,22,23)(H,21,24,25). The quantitative estimate of drug-likeness (QED) is 0.431. The van der Waals surface area contributed by atoms with Gasteiger partial charge in [-0.2, -0.15) is 9.47 Å². The summed E-state index contributed by atoms with van der Waals surface area (Å²) in [6.45, 7) is 0. The van der Waals surface area contributed by atoms with Gasteiger partial charge in [0.1, 0.15) is 34.4 Å². The second kappa shape index (κ2) is 7.97. The van der Waals surface area contributed by atoms with E-state index in [1.807, 2.05) is 0 Å². The van der Waals surface area contributed by atoms with Crippen LogP contribution in [0.5, 0.6) is 11.5 Å². The molecule has 0 radical (unpaired) electrons. The summed E-state index contributed by atoms with van der Waals surface area (Å²) in [5.74, 6) is -1.60. The fourth-order valence-corrected chi connectivity index (χ4v) is 4.53. The third kappa shape index (κ3) is 4.10. The van der Waals surface area contributed by atoms with Gasteiger partial charge in [-0.1, -0.05) is 11.6 Å². The molecule has 30 heavy (non-hydrogen) atoms. The van der Waals surface area contributed by atoms with Gasteiger partial charge in [0.2, 0.25) is 5.13 Å². The fraction of sp³-hybridized carbons (Fsp3) is 0. The number of benzene rings is 2. The van der Waals surface area contributed by atoms with Crippen LogP contribution in [0.4, 0.5) is 13.9 Å². The Labute approximate surface area is 177 Å². The lowest BCUT2D eigenvalue weighted by Gasteiger charge is -2.13. The number of sulfonamides is 1. The van der Waals surface area contributed by atoms with Gasteiger partial charge in [0.05, 0.1) is 11.2 Å². The Bertz CT molecular complexity index is 1300. The van der Waals surface area contributed by atoms with Crippen LogP contribution < -0.4 is 9.46 Å². The monoisotopic (exact) mass is 469 g/mol. The van der Waals surface area contributed by atoms with Crippen LogP contribution in [0.3, 0.4) is 0 Å². The maximum Gasteiger partial charge on any atom is 0.266 e. The zero-order valence-corrected chi connectivity index (χ0v) is 17.0. The number of hydrogen-bond acceptors (Lipinski definition) is 7. The van der Waals surface area contributed by atoms with Gasteiger partial charge in [-0.25, -0.2) is 22.2 Å². The van der Waals surface area contributed by atoms with Crippen LogP contribution in [0.15, 0.2) is 53.9 Å². The van der Waals surface area contributed by atoms with Crippen molar-refractivity contribution in [3.8, 4) is 22.6 Å². The number of H-pyrrole nitrogens is 1. The number of aromatic amines is 1. The minimum Gasteiger partial charge on any atom is -0.455 e. The molecule has 0 saturated carbocycles. The summed E-state index contributed by atoms with van der Waals surface area (Å²) < 4.78 is 64.6. The largest absolute Gasteiger partial charge is 0.455 e. The molecule has 2 aromatic carbocycles. The van der Waals surface area contributed by atoms with Crippen molar-refractivity contribution in [1.82, 2.24) is 19.6 Å². The predicted octanol–water partition coefficient (Wildman–Crippen LogP) is 4.45. The van der Waals surface area contributed by atoms with E-state index in [4.69, 9.17) is 16.3 Å². The topological polar surface area (TPSA) is 110 Å². The van der Waals surface area contributed by atoms with Gasteiger partial charge < -0.3 is 4.74 Å². The van der Waals surface area contributed by atoms with Crippen LogP contribution in [0.2, 0.25) is 5.02 Å². The van der Waals surface area contributed by atoms with E-state index in [2.05, 4.69) is 24.3 Å². The number of rotatable bonds is 6. The normalized spacial score (nSPS) is 11.4. The lowest BCUT2D eigenvalue weighted by atomic mass is 10.1. The lowest BCUT2D eigenvalue weighted by molar-refractivity contribution is 0.473. The third-order valence-corrected chi connectivity index (χ3v) is 6.19. The predicted molar refractivity (Wildman–Crippen MR) is 106 cm³/mol. The van der Waals surface area contributed by atoms with E-state index in [-0.39, 0.29) is 21.7 Å². The second-order valence-corrected chi connectivity index (χ2v) is 8.63. The average molecular weight is 470 g/mol. The number of ether oxygens (including phenoxy) is 1. The Morgan fingerprint density at radius 1 is 1.17 bits per heavy atom. The smallest absolute Gasteiger partial charge is 0.266 e. The summed E-state index contributed by atoms with van der Waals surface area (Å²) in [6.07, 6.45) is 4.14. The van der Waals surface area contributed by atoms with E-state index >= 15 is 0 Å². The minimum absolute atomic E-state index is 0.0260. The number of halogens is 3. The van der Waals surface area contributed by atoms with Gasteiger partial charge in [0, 0.05) is 34.9 Å². The van der Waals surface area contributed by atoms with Crippen LogP contribution in [-0.4, -0.2) is 28.0 Å². The van der Waals surface area contributed by atoms with Gasteiger partial charge >= 0.3 is 0 Å². The van der Waals surface area contributed by atoms with Crippen molar-refractivity contribution < 1.29 is 21.9 Å². The number of hydrogen-bond donors (Lipinski definition) is 2. The molecule has 2 aromatic heterocycles. The molecule has 2 N–H and O–H groups in total. The van der Waals surface area contributed by atoms with E-state index in [0.29, 0.717) is 11.1 Å². The van der Waals surface area contributed by atoms with Crippen LogP contribution in [0, 0.1) is 11.6 Å². The minimum atomic E-state index is -4.29. The van der Waals surface area contributed by atoms with E-state index in [0.717, 1.165) is 36.1 Å². The maximum atomic E-state index is 14.6. The van der Waals surface area contributed by atoms with Gasteiger partial charge in [0.15, 0.2) is 0 Å². The van der Waals surface area contributed by atoms with Crippen LogP contribution in [-0.2, 0) is 10.0 Å². The Kier molecular flexibility index (Phi) is 5.37. The molecule has 2 heterocycles.